The van der Waals surface area contributed by atoms with Gasteiger partial charge in [0.1, 0.15) is 0 Å². The fourth-order valence-electron chi connectivity index (χ4n) is 2.48. The first-order valence-electron chi connectivity index (χ1n) is 8.12. The van der Waals surface area contributed by atoms with Crippen LogP contribution in [-0.2, 0) is 11.2 Å². The molecule has 3 rings (SSSR count). The second-order valence-electron chi connectivity index (χ2n) is 5.94. The van der Waals surface area contributed by atoms with E-state index in [9.17, 15) is 9.59 Å². The van der Waals surface area contributed by atoms with Crippen LogP contribution >= 0.6 is 27.5 Å². The lowest BCUT2D eigenvalue weighted by atomic mass is 10.1. The van der Waals surface area contributed by atoms with Gasteiger partial charge in [0.25, 0.3) is 5.91 Å². The van der Waals surface area contributed by atoms with Crippen LogP contribution in [0, 0.1) is 6.92 Å². The molecule has 2 aromatic carbocycles. The number of nitrogens with one attached hydrogen (secondary N) is 2. The summed E-state index contributed by atoms with van der Waals surface area (Å²) in [6, 6.07) is 15.6. The summed E-state index contributed by atoms with van der Waals surface area (Å²) in [6.07, 6.45) is 0.224. The Balaban J connectivity index is 1.58. The standard InChI is InChI=1S/C20H16BrClN2O3/c1-12-10-14(22)4-7-16(12)24-19(25)11-13-2-5-15(6-3-13)23-20(26)17-8-9-18(21)27-17/h2-10H,11H2,1H3,(H,23,26)(H,24,25). The first-order chi connectivity index (χ1) is 12.9. The molecule has 0 spiro atoms. The molecule has 3 aromatic rings. The zero-order chi connectivity index (χ0) is 19.4. The van der Waals surface area contributed by atoms with E-state index in [4.69, 9.17) is 16.0 Å². The monoisotopic (exact) mass is 446 g/mol. The summed E-state index contributed by atoms with van der Waals surface area (Å²) in [6.45, 7) is 1.89. The molecule has 7 heteroatoms. The molecule has 0 aliphatic heterocycles. The quantitative estimate of drug-likeness (QED) is 0.547. The molecule has 2 N–H and O–H groups in total. The molecule has 0 fully saturated rings. The van der Waals surface area contributed by atoms with Crippen molar-refractivity contribution in [3.8, 4) is 0 Å². The lowest BCUT2D eigenvalue weighted by Gasteiger charge is -2.09. The molecule has 0 aliphatic rings. The Morgan fingerprint density at radius 2 is 1.78 bits per heavy atom. The number of carbonyl (C=O) groups excluding carboxylic acids is 2. The van der Waals surface area contributed by atoms with Crippen molar-refractivity contribution in [2.24, 2.45) is 0 Å². The van der Waals surface area contributed by atoms with Gasteiger partial charge in [-0.3, -0.25) is 9.59 Å². The van der Waals surface area contributed by atoms with Gasteiger partial charge < -0.3 is 15.1 Å². The van der Waals surface area contributed by atoms with Gasteiger partial charge in [-0.05, 0) is 76.4 Å². The van der Waals surface area contributed by atoms with Crippen molar-refractivity contribution in [2.45, 2.75) is 13.3 Å². The van der Waals surface area contributed by atoms with Crippen LogP contribution in [0.5, 0.6) is 0 Å². The second kappa shape index (κ2) is 8.41. The average molecular weight is 448 g/mol. The van der Waals surface area contributed by atoms with E-state index in [0.717, 1.165) is 16.8 Å². The second-order valence-corrected chi connectivity index (χ2v) is 7.16. The van der Waals surface area contributed by atoms with Gasteiger partial charge in [-0.1, -0.05) is 23.7 Å². The van der Waals surface area contributed by atoms with Crippen molar-refractivity contribution in [3.63, 3.8) is 0 Å². The number of aryl methyl sites for hydroxylation is 1. The summed E-state index contributed by atoms with van der Waals surface area (Å²) < 4.78 is 5.70. The summed E-state index contributed by atoms with van der Waals surface area (Å²) in [5, 5.41) is 6.24. The maximum Gasteiger partial charge on any atom is 0.291 e. The normalized spacial score (nSPS) is 10.5. The molecular weight excluding hydrogens is 432 g/mol. The van der Waals surface area contributed by atoms with Crippen LogP contribution in [0.2, 0.25) is 5.02 Å². The molecule has 0 bridgehead atoms. The first kappa shape index (κ1) is 19.2. The number of hydrogen-bond donors (Lipinski definition) is 2. The van der Waals surface area contributed by atoms with Gasteiger partial charge >= 0.3 is 0 Å². The van der Waals surface area contributed by atoms with Crippen LogP contribution in [0.15, 0.2) is 63.7 Å². The van der Waals surface area contributed by atoms with E-state index in [1.165, 1.54) is 0 Å². The molecule has 0 unspecified atom stereocenters. The third-order valence-electron chi connectivity index (χ3n) is 3.84. The predicted molar refractivity (Wildman–Crippen MR) is 109 cm³/mol. The van der Waals surface area contributed by atoms with Crippen LogP contribution in [-0.4, -0.2) is 11.8 Å². The number of hydrogen-bond acceptors (Lipinski definition) is 3. The van der Waals surface area contributed by atoms with E-state index in [0.29, 0.717) is 15.4 Å². The summed E-state index contributed by atoms with van der Waals surface area (Å²) in [5.74, 6) is -0.259. The number of rotatable bonds is 5. The van der Waals surface area contributed by atoms with Crippen LogP contribution in [0.4, 0.5) is 11.4 Å². The molecule has 1 heterocycles. The van der Waals surface area contributed by atoms with E-state index in [1.807, 2.05) is 6.92 Å². The Kier molecular flexibility index (Phi) is 5.98. The number of furan rings is 1. The van der Waals surface area contributed by atoms with Crippen molar-refractivity contribution in [3.05, 3.63) is 81.2 Å². The molecule has 2 amide bonds. The Labute approximate surface area is 169 Å². The maximum atomic E-state index is 12.2. The number of halogens is 2. The fraction of sp³-hybridized carbons (Fsp3) is 0.100. The van der Waals surface area contributed by atoms with Gasteiger partial charge in [0.05, 0.1) is 6.42 Å². The van der Waals surface area contributed by atoms with E-state index >= 15 is 0 Å². The molecule has 0 saturated carbocycles. The lowest BCUT2D eigenvalue weighted by molar-refractivity contribution is -0.115. The van der Waals surface area contributed by atoms with E-state index < -0.39 is 0 Å². The Morgan fingerprint density at radius 1 is 1.04 bits per heavy atom. The molecule has 138 valence electrons. The SMILES string of the molecule is Cc1cc(Cl)ccc1NC(=O)Cc1ccc(NC(=O)c2ccc(Br)o2)cc1. The summed E-state index contributed by atoms with van der Waals surface area (Å²) in [4.78, 5) is 24.3. The molecule has 0 radical (unpaired) electrons. The molecular formula is C20H16BrClN2O3. The smallest absolute Gasteiger partial charge is 0.291 e. The van der Waals surface area contributed by atoms with Gasteiger partial charge in [0.15, 0.2) is 10.4 Å². The van der Waals surface area contributed by atoms with Crippen LogP contribution in [0.3, 0.4) is 0 Å². The van der Waals surface area contributed by atoms with Gasteiger partial charge in [-0.2, -0.15) is 0 Å². The predicted octanol–water partition coefficient (Wildman–Crippen LogP) is 5.44. The summed E-state index contributed by atoms with van der Waals surface area (Å²) in [5.41, 5.74) is 3.08. The third kappa shape index (κ3) is 5.21. The number of amides is 2. The maximum absolute atomic E-state index is 12.2. The van der Waals surface area contributed by atoms with Gasteiger partial charge in [-0.15, -0.1) is 0 Å². The van der Waals surface area contributed by atoms with Crippen LogP contribution in [0.1, 0.15) is 21.7 Å². The molecule has 0 atom stereocenters. The number of benzene rings is 2. The van der Waals surface area contributed by atoms with E-state index in [2.05, 4.69) is 26.6 Å². The summed E-state index contributed by atoms with van der Waals surface area (Å²) in [7, 11) is 0. The minimum absolute atomic E-state index is 0.127. The highest BCUT2D eigenvalue weighted by Gasteiger charge is 2.11. The summed E-state index contributed by atoms with van der Waals surface area (Å²) >= 11 is 9.08. The fourth-order valence-corrected chi connectivity index (χ4v) is 3.02. The number of anilines is 2. The van der Waals surface area contributed by atoms with E-state index in [-0.39, 0.29) is 24.0 Å². The van der Waals surface area contributed by atoms with Gasteiger partial charge in [-0.25, -0.2) is 0 Å². The van der Waals surface area contributed by atoms with Crippen molar-refractivity contribution < 1.29 is 14.0 Å². The Morgan fingerprint density at radius 3 is 2.41 bits per heavy atom. The molecule has 27 heavy (non-hydrogen) atoms. The largest absolute Gasteiger partial charge is 0.444 e. The minimum atomic E-state index is -0.343. The van der Waals surface area contributed by atoms with Crippen LogP contribution in [0.25, 0.3) is 0 Å². The van der Waals surface area contributed by atoms with Crippen LogP contribution < -0.4 is 10.6 Å². The highest BCUT2D eigenvalue weighted by atomic mass is 79.9. The first-order valence-corrected chi connectivity index (χ1v) is 9.29. The average Bonchev–Trinajstić information content (AvgIpc) is 3.06. The molecule has 0 aliphatic carbocycles. The van der Waals surface area contributed by atoms with Crippen molar-refractivity contribution in [2.75, 3.05) is 10.6 Å². The van der Waals surface area contributed by atoms with E-state index in [1.54, 1.807) is 54.6 Å². The minimum Gasteiger partial charge on any atom is -0.444 e. The number of carbonyl (C=O) groups is 2. The van der Waals surface area contributed by atoms with Crippen molar-refractivity contribution >= 4 is 50.7 Å². The third-order valence-corrected chi connectivity index (χ3v) is 4.50. The lowest BCUT2D eigenvalue weighted by Crippen LogP contribution is -2.15. The highest BCUT2D eigenvalue weighted by molar-refractivity contribution is 9.10. The highest BCUT2D eigenvalue weighted by Crippen LogP contribution is 2.20. The molecule has 0 saturated heterocycles. The topological polar surface area (TPSA) is 71.3 Å². The Hall–Kier alpha value is -2.57. The zero-order valence-corrected chi connectivity index (χ0v) is 16.7. The van der Waals surface area contributed by atoms with Gasteiger partial charge in [0, 0.05) is 16.4 Å². The van der Waals surface area contributed by atoms with Crippen molar-refractivity contribution in [1.29, 1.82) is 0 Å². The Bertz CT molecular complexity index is 983. The van der Waals surface area contributed by atoms with Gasteiger partial charge in [0.2, 0.25) is 5.91 Å². The van der Waals surface area contributed by atoms with Crippen molar-refractivity contribution in [1.82, 2.24) is 0 Å². The zero-order valence-electron chi connectivity index (χ0n) is 14.4. The molecule has 1 aromatic heterocycles. The molecule has 5 nitrogen and oxygen atoms in total.